The molecule has 0 amide bonds. The zero-order valence-electron chi connectivity index (χ0n) is 16.3. The Morgan fingerprint density at radius 1 is 1.04 bits per heavy atom. The maximum atomic E-state index is 5.43. The Morgan fingerprint density at radius 3 is 2.57 bits per heavy atom. The maximum Gasteiger partial charge on any atom is 0.191 e. The molecule has 3 rings (SSSR count). The van der Waals surface area contributed by atoms with Gasteiger partial charge in [-0.3, -0.25) is 4.40 Å². The van der Waals surface area contributed by atoms with Crippen LogP contribution in [0, 0.1) is 0 Å². The monoisotopic (exact) mass is 494 g/mol. The lowest BCUT2D eigenvalue weighted by Gasteiger charge is -2.10. The Hall–Kier alpha value is -2.20. The van der Waals surface area contributed by atoms with Crippen LogP contribution in [0.5, 0.6) is 0 Å². The Labute approximate surface area is 182 Å². The van der Waals surface area contributed by atoms with Crippen molar-refractivity contribution in [2.75, 3.05) is 13.2 Å². The highest BCUT2D eigenvalue weighted by molar-refractivity contribution is 14.0. The van der Waals surface area contributed by atoms with Gasteiger partial charge in [-0.15, -0.1) is 34.2 Å². The fraction of sp³-hybridized carbons (Fsp3) is 0.350. The molecular formula is C20H27IN6O. The summed E-state index contributed by atoms with van der Waals surface area (Å²) < 4.78 is 7.39. The smallest absolute Gasteiger partial charge is 0.191 e. The van der Waals surface area contributed by atoms with Crippen molar-refractivity contribution in [2.45, 2.75) is 33.5 Å². The molecule has 0 atom stereocenters. The van der Waals surface area contributed by atoms with E-state index in [0.717, 1.165) is 36.1 Å². The molecule has 3 aromatic rings. The number of aliphatic imine (C=N–C) groups is 1. The summed E-state index contributed by atoms with van der Waals surface area (Å²) in [5.74, 6) is 1.60. The molecule has 2 heterocycles. The Bertz CT molecular complexity index is 878. The number of guanidine groups is 1. The molecule has 0 unspecified atom stereocenters. The van der Waals surface area contributed by atoms with Crippen molar-refractivity contribution < 1.29 is 4.74 Å². The number of rotatable bonds is 8. The van der Waals surface area contributed by atoms with Crippen LogP contribution in [0.1, 0.15) is 30.8 Å². The van der Waals surface area contributed by atoms with Crippen LogP contribution < -0.4 is 10.6 Å². The Kier molecular flexibility index (Phi) is 9.15. The van der Waals surface area contributed by atoms with E-state index in [1.165, 1.54) is 5.56 Å². The first-order valence-electron chi connectivity index (χ1n) is 9.26. The molecule has 2 N–H and O–H groups in total. The fourth-order valence-electron chi connectivity index (χ4n) is 2.65. The molecule has 0 aliphatic heterocycles. The van der Waals surface area contributed by atoms with E-state index in [0.29, 0.717) is 19.7 Å². The topological polar surface area (TPSA) is 75.8 Å². The minimum Gasteiger partial charge on any atom is -0.377 e. The molecule has 0 spiro atoms. The Morgan fingerprint density at radius 2 is 1.82 bits per heavy atom. The van der Waals surface area contributed by atoms with Crippen molar-refractivity contribution in [3.8, 4) is 0 Å². The summed E-state index contributed by atoms with van der Waals surface area (Å²) in [7, 11) is 0. The summed E-state index contributed by atoms with van der Waals surface area (Å²) in [4.78, 5) is 4.66. The van der Waals surface area contributed by atoms with Crippen LogP contribution in [0.25, 0.3) is 5.65 Å². The number of nitrogens with zero attached hydrogens (tertiary/aromatic N) is 4. The van der Waals surface area contributed by atoms with Gasteiger partial charge in [-0.25, -0.2) is 4.99 Å². The number of halogens is 1. The molecule has 150 valence electrons. The molecule has 0 aliphatic rings. The van der Waals surface area contributed by atoms with E-state index in [1.807, 2.05) is 42.6 Å². The average Bonchev–Trinajstić information content (AvgIpc) is 3.12. The quantitative estimate of drug-likeness (QED) is 0.286. The van der Waals surface area contributed by atoms with Crippen molar-refractivity contribution in [1.29, 1.82) is 0 Å². The third-order valence-corrected chi connectivity index (χ3v) is 4.06. The van der Waals surface area contributed by atoms with Crippen molar-refractivity contribution >= 4 is 35.6 Å². The number of nitrogens with one attached hydrogen (secondary N) is 2. The lowest BCUT2D eigenvalue weighted by atomic mass is 10.1. The fourth-order valence-corrected chi connectivity index (χ4v) is 2.65. The molecule has 0 aliphatic carbocycles. The highest BCUT2D eigenvalue weighted by atomic mass is 127. The van der Waals surface area contributed by atoms with Gasteiger partial charge in [-0.05, 0) is 37.1 Å². The third-order valence-electron chi connectivity index (χ3n) is 4.06. The molecular weight excluding hydrogens is 467 g/mol. The first kappa shape index (κ1) is 22.1. The molecule has 0 bridgehead atoms. The van der Waals surface area contributed by atoms with Gasteiger partial charge >= 0.3 is 0 Å². The van der Waals surface area contributed by atoms with Crippen LogP contribution in [0.3, 0.4) is 0 Å². The number of pyridine rings is 1. The number of benzene rings is 1. The summed E-state index contributed by atoms with van der Waals surface area (Å²) in [6.45, 7) is 7.36. The predicted molar refractivity (Wildman–Crippen MR) is 122 cm³/mol. The number of hydrogen-bond acceptors (Lipinski definition) is 4. The van der Waals surface area contributed by atoms with Gasteiger partial charge < -0.3 is 15.4 Å². The second-order valence-corrected chi connectivity index (χ2v) is 6.05. The Balaban J connectivity index is 0.00000280. The molecule has 2 aromatic heterocycles. The van der Waals surface area contributed by atoms with Gasteiger partial charge in [0.2, 0.25) is 0 Å². The average molecular weight is 494 g/mol. The van der Waals surface area contributed by atoms with Crippen LogP contribution in [0.4, 0.5) is 0 Å². The van der Waals surface area contributed by atoms with Gasteiger partial charge in [0.15, 0.2) is 17.4 Å². The molecule has 1 aromatic carbocycles. The summed E-state index contributed by atoms with van der Waals surface area (Å²) >= 11 is 0. The SMILES string of the molecule is CCNC(=NCc1ccc(COCC)cc1)NCc1nnc2ccccn12.I. The van der Waals surface area contributed by atoms with Gasteiger partial charge in [0.05, 0.1) is 19.7 Å². The predicted octanol–water partition coefficient (Wildman–Crippen LogP) is 3.14. The lowest BCUT2D eigenvalue weighted by molar-refractivity contribution is 0.134. The molecule has 0 radical (unpaired) electrons. The van der Waals surface area contributed by atoms with Gasteiger partial charge in [0, 0.05) is 19.3 Å². The highest BCUT2D eigenvalue weighted by Gasteiger charge is 2.05. The van der Waals surface area contributed by atoms with E-state index in [1.54, 1.807) is 0 Å². The van der Waals surface area contributed by atoms with Crippen molar-refractivity contribution in [3.05, 3.63) is 65.6 Å². The zero-order chi connectivity index (χ0) is 18.9. The number of aromatic nitrogens is 3. The zero-order valence-corrected chi connectivity index (χ0v) is 18.6. The van der Waals surface area contributed by atoms with Crippen molar-refractivity contribution in [3.63, 3.8) is 0 Å². The standard InChI is InChI=1S/C20H26N6O.HI/c1-3-21-20(22-13-16-8-10-17(11-9-16)15-27-4-2)23-14-19-25-24-18-7-5-6-12-26(18)19;/h5-12H,3-4,13-15H2,1-2H3,(H2,21,22,23);1H. The van der Waals surface area contributed by atoms with Crippen LogP contribution in [0.2, 0.25) is 0 Å². The van der Waals surface area contributed by atoms with Gasteiger partial charge in [-0.2, -0.15) is 0 Å². The highest BCUT2D eigenvalue weighted by Crippen LogP contribution is 2.07. The molecule has 7 nitrogen and oxygen atoms in total. The van der Waals surface area contributed by atoms with E-state index >= 15 is 0 Å². The van der Waals surface area contributed by atoms with E-state index in [2.05, 4.69) is 50.1 Å². The van der Waals surface area contributed by atoms with Crippen LogP contribution in [-0.4, -0.2) is 33.7 Å². The maximum absolute atomic E-state index is 5.43. The largest absolute Gasteiger partial charge is 0.377 e. The third kappa shape index (κ3) is 6.16. The second-order valence-electron chi connectivity index (χ2n) is 6.05. The summed E-state index contributed by atoms with van der Waals surface area (Å²) in [5, 5.41) is 15.0. The van der Waals surface area contributed by atoms with Gasteiger partial charge in [0.25, 0.3) is 0 Å². The first-order chi connectivity index (χ1) is 13.3. The van der Waals surface area contributed by atoms with Crippen molar-refractivity contribution in [2.24, 2.45) is 4.99 Å². The van der Waals surface area contributed by atoms with E-state index < -0.39 is 0 Å². The molecule has 0 saturated heterocycles. The van der Waals surface area contributed by atoms with Crippen LogP contribution in [0.15, 0.2) is 53.7 Å². The van der Waals surface area contributed by atoms with E-state index in [9.17, 15) is 0 Å². The molecule has 28 heavy (non-hydrogen) atoms. The van der Waals surface area contributed by atoms with Crippen LogP contribution >= 0.6 is 24.0 Å². The summed E-state index contributed by atoms with van der Waals surface area (Å²) in [6.07, 6.45) is 1.96. The van der Waals surface area contributed by atoms with E-state index in [4.69, 9.17) is 4.74 Å². The lowest BCUT2D eigenvalue weighted by Crippen LogP contribution is -2.37. The number of fused-ring (bicyclic) bond motifs is 1. The van der Waals surface area contributed by atoms with Crippen LogP contribution in [-0.2, 0) is 24.4 Å². The second kappa shape index (κ2) is 11.6. The summed E-state index contributed by atoms with van der Waals surface area (Å²) in [6, 6.07) is 14.2. The number of hydrogen-bond donors (Lipinski definition) is 2. The molecule has 8 heteroatoms. The van der Waals surface area contributed by atoms with E-state index in [-0.39, 0.29) is 24.0 Å². The number of ether oxygens (including phenoxy) is 1. The normalized spacial score (nSPS) is 11.3. The summed E-state index contributed by atoms with van der Waals surface area (Å²) in [5.41, 5.74) is 3.16. The molecule has 0 saturated carbocycles. The minimum absolute atomic E-state index is 0. The molecule has 0 fully saturated rings. The minimum atomic E-state index is 0. The van der Waals surface area contributed by atoms with Gasteiger partial charge in [-0.1, -0.05) is 30.3 Å². The first-order valence-corrected chi connectivity index (χ1v) is 9.26. The van der Waals surface area contributed by atoms with Gasteiger partial charge in [0.1, 0.15) is 0 Å². The van der Waals surface area contributed by atoms with Crippen molar-refractivity contribution in [1.82, 2.24) is 25.2 Å².